The largest absolute Gasteiger partial charge is 0.461 e. The average Bonchev–Trinajstić information content (AvgIpc) is 1.69. The van der Waals surface area contributed by atoms with Gasteiger partial charge in [-0.15, -0.1) is 0 Å². The van der Waals surface area contributed by atoms with Crippen LogP contribution in [0.15, 0.2) is 72.4 Å². The number of ether oxygens (including phenoxy) is 5. The molecule has 0 bridgehead atoms. The van der Waals surface area contributed by atoms with Crippen LogP contribution in [0.5, 0.6) is 0 Å². The number of imide groups is 1. The summed E-state index contributed by atoms with van der Waals surface area (Å²) in [5.74, 6) is -3.49. The van der Waals surface area contributed by atoms with Crippen LogP contribution in [-0.4, -0.2) is 155 Å². The third-order valence-electron chi connectivity index (χ3n) is 16.7. The van der Waals surface area contributed by atoms with Gasteiger partial charge in [-0.05, 0) is 127 Å². The first kappa shape index (κ1) is 69.8. The zero-order valence-electron chi connectivity index (χ0n) is 51.9. The number of unbranched alkanes of at least 4 members (excludes halogenated alkanes) is 2. The van der Waals surface area contributed by atoms with Crippen LogP contribution in [0.4, 0.5) is 10.5 Å². The Balaban J connectivity index is 0.881. The van der Waals surface area contributed by atoms with Gasteiger partial charge in [-0.1, -0.05) is 63.1 Å². The second-order valence-corrected chi connectivity index (χ2v) is 24.4. The van der Waals surface area contributed by atoms with Crippen molar-refractivity contribution in [2.75, 3.05) is 25.0 Å². The summed E-state index contributed by atoms with van der Waals surface area (Å²) < 4.78 is 29.1. The maximum Gasteiger partial charge on any atom is 0.312 e. The van der Waals surface area contributed by atoms with Crippen molar-refractivity contribution in [1.29, 1.82) is 0 Å². The van der Waals surface area contributed by atoms with Crippen molar-refractivity contribution >= 4 is 65.0 Å². The number of rotatable bonds is 31. The van der Waals surface area contributed by atoms with E-state index in [1.165, 1.54) is 31.2 Å². The maximum absolute atomic E-state index is 13.7. The van der Waals surface area contributed by atoms with Crippen LogP contribution in [0.3, 0.4) is 0 Å². The van der Waals surface area contributed by atoms with Gasteiger partial charge in [0.25, 0.3) is 11.8 Å². The number of hydrogen-bond acceptors (Lipinski definition) is 16. The molecule has 5 aliphatic rings. The Hall–Kier alpha value is -7.28. The Morgan fingerprint density at radius 3 is 2.22 bits per heavy atom. The standard InChI is InChI=1S/C64H92N8O16/c1-38(2)59(71-53(74)13-9-8-10-31-72-56(77)28-29-57(72)78)62(82)70-49(12-11-30-66-63(65)83)61(81)68-47-23-19-45(20-24-47)36-84-58(79)33-44-17-21-46(22-18-44)67-55(76)34-48-35-64(37-85-64)60(80)52(88-48)26-15-39(3)14-25-51-40(4)32-50(42(6)87-51)69-54(75)27-16-41(5)86-43(7)73/h14-16,19-20,23-24,26-29,38,40-42,44,46,48-52,59-60,80H,8-13,17-18,21-22,25,30-37H2,1-7H3,(H,67,76)(H,68,81)(H,69,75)(H,70,82)(H,71,74)(H3,65,66,83)/b26-15+,27-16-,39-14+/t40-,41-,42+,44-,46-,48+,49-,50+,51-,52+,59-,60+,64+/m0/s1. The van der Waals surface area contributed by atoms with Crippen molar-refractivity contribution in [1.82, 2.24) is 31.5 Å². The summed E-state index contributed by atoms with van der Waals surface area (Å²) in [5.41, 5.74) is 6.51. The molecule has 0 aromatic heterocycles. The fraction of sp³-hybridized carbons (Fsp3) is 0.625. The number of nitrogens with one attached hydrogen (secondary N) is 6. The summed E-state index contributed by atoms with van der Waals surface area (Å²) in [7, 11) is 0. The topological polar surface area (TPSA) is 342 Å². The maximum atomic E-state index is 13.7. The van der Waals surface area contributed by atoms with Crippen LogP contribution in [0.1, 0.15) is 150 Å². The fourth-order valence-corrected chi connectivity index (χ4v) is 11.5. The zero-order chi connectivity index (χ0) is 64.1. The first-order valence-corrected chi connectivity index (χ1v) is 31.0. The molecule has 24 heteroatoms. The Morgan fingerprint density at radius 1 is 0.852 bits per heavy atom. The van der Waals surface area contributed by atoms with Gasteiger partial charge < -0.3 is 66.4 Å². The van der Waals surface area contributed by atoms with E-state index in [4.69, 9.17) is 29.4 Å². The van der Waals surface area contributed by atoms with Gasteiger partial charge in [0.15, 0.2) is 0 Å². The number of anilines is 1. The van der Waals surface area contributed by atoms with Crippen LogP contribution in [0.25, 0.3) is 0 Å². The number of aliphatic hydroxyl groups is 1. The van der Waals surface area contributed by atoms with E-state index >= 15 is 0 Å². The number of allylic oxidation sites excluding steroid dienone is 2. The molecule has 1 aromatic rings. The lowest BCUT2D eigenvalue weighted by molar-refractivity contribution is -0.147. The number of epoxide rings is 1. The predicted molar refractivity (Wildman–Crippen MR) is 324 cm³/mol. The van der Waals surface area contributed by atoms with E-state index in [-0.39, 0.29) is 123 Å². The van der Waals surface area contributed by atoms with Gasteiger partial charge in [-0.25, -0.2) is 4.79 Å². The molecule has 1 aliphatic carbocycles. The van der Waals surface area contributed by atoms with E-state index in [0.717, 1.165) is 29.7 Å². The number of nitrogens with two attached hydrogens (primary N) is 1. The first-order valence-electron chi connectivity index (χ1n) is 31.0. The van der Waals surface area contributed by atoms with Gasteiger partial charge in [-0.2, -0.15) is 0 Å². The summed E-state index contributed by atoms with van der Waals surface area (Å²) in [4.78, 5) is 126. The zero-order valence-corrected chi connectivity index (χ0v) is 51.9. The average molecular weight is 1230 g/mol. The Morgan fingerprint density at radius 2 is 1.56 bits per heavy atom. The van der Waals surface area contributed by atoms with Gasteiger partial charge in [0.2, 0.25) is 29.5 Å². The molecule has 88 heavy (non-hydrogen) atoms. The van der Waals surface area contributed by atoms with Crippen molar-refractivity contribution in [2.24, 2.45) is 23.5 Å². The second kappa shape index (κ2) is 33.9. The highest BCUT2D eigenvalue weighted by Crippen LogP contribution is 2.43. The summed E-state index contributed by atoms with van der Waals surface area (Å²) >= 11 is 0. The Kier molecular flexibility index (Phi) is 26.9. The molecule has 4 aliphatic heterocycles. The highest BCUT2D eigenvalue weighted by Gasteiger charge is 2.58. The molecule has 11 atom stereocenters. The molecule has 24 nitrogen and oxygen atoms in total. The lowest BCUT2D eigenvalue weighted by Gasteiger charge is -2.39. The van der Waals surface area contributed by atoms with Crippen LogP contribution in [0.2, 0.25) is 0 Å². The van der Waals surface area contributed by atoms with Gasteiger partial charge >= 0.3 is 18.0 Å². The SMILES string of the molecule is CC(=O)O[C@@H](C)/C=C\C(=O)N[C@@H]1C[C@H](C)[C@H](C/C=C(C)/C=C/[C@H]2O[C@H](CC(=O)N[C@H]3CC[C@H](CC(=O)OCc4ccc(NC(=O)[C@H](CCCNC(N)=O)NC(=O)[C@@H](NC(=O)CCCCCN5C(=O)C=CC5=O)C(C)C)cc4)CC3)C[C@@]3(CO3)[C@@H]2O)O[C@@H]1C. The highest BCUT2D eigenvalue weighted by atomic mass is 16.6. The summed E-state index contributed by atoms with van der Waals surface area (Å²) in [5, 5.41) is 28.3. The van der Waals surface area contributed by atoms with Crippen molar-refractivity contribution < 1.29 is 76.7 Å². The molecule has 0 unspecified atom stereocenters. The molecule has 0 radical (unpaired) electrons. The van der Waals surface area contributed by atoms with Gasteiger partial charge in [-0.3, -0.25) is 48.1 Å². The van der Waals surface area contributed by atoms with Crippen LogP contribution >= 0.6 is 0 Å². The number of primary amides is 1. The minimum absolute atomic E-state index is 0.00613. The molecule has 1 aromatic carbocycles. The molecule has 4 fully saturated rings. The molecule has 9 N–H and O–H groups in total. The molecule has 4 heterocycles. The Labute approximate surface area is 515 Å². The second-order valence-electron chi connectivity index (χ2n) is 24.4. The van der Waals surface area contributed by atoms with E-state index in [1.54, 1.807) is 45.0 Å². The smallest absolute Gasteiger partial charge is 0.312 e. The van der Waals surface area contributed by atoms with Crippen molar-refractivity contribution in [2.45, 2.75) is 218 Å². The van der Waals surface area contributed by atoms with Crippen molar-refractivity contribution in [3.8, 4) is 0 Å². The van der Waals surface area contributed by atoms with E-state index in [9.17, 15) is 53.1 Å². The molecule has 3 saturated heterocycles. The molecular weight excluding hydrogens is 1140 g/mol. The van der Waals surface area contributed by atoms with Crippen LogP contribution in [-0.2, 0) is 73.4 Å². The third kappa shape index (κ3) is 22.7. The molecule has 6 rings (SSSR count). The molecular formula is C64H92N8O16. The normalized spacial score (nSPS) is 26.3. The predicted octanol–water partition coefficient (Wildman–Crippen LogP) is 4.67. The lowest BCUT2D eigenvalue weighted by atomic mass is 9.84. The van der Waals surface area contributed by atoms with Gasteiger partial charge in [0, 0.05) is 69.2 Å². The van der Waals surface area contributed by atoms with Gasteiger partial charge in [0.05, 0.1) is 37.4 Å². The number of esters is 2. The summed E-state index contributed by atoms with van der Waals surface area (Å²) in [6.45, 7) is 13.3. The third-order valence-corrected chi connectivity index (χ3v) is 16.7. The number of carbonyl (C=O) groups is 10. The van der Waals surface area contributed by atoms with Crippen LogP contribution in [0, 0.1) is 17.8 Å². The number of carbonyl (C=O) groups excluding carboxylic acids is 10. The van der Waals surface area contributed by atoms with E-state index in [0.29, 0.717) is 69.2 Å². The number of hydrogen-bond donors (Lipinski definition) is 8. The highest BCUT2D eigenvalue weighted by molar-refractivity contribution is 6.12. The first-order chi connectivity index (χ1) is 41.9. The van der Waals surface area contributed by atoms with E-state index in [2.05, 4.69) is 44.9 Å². The number of urea groups is 1. The molecule has 1 spiro atoms. The fourth-order valence-electron chi connectivity index (χ4n) is 11.5. The minimum atomic E-state index is -1.05. The monoisotopic (exact) mass is 1230 g/mol. The summed E-state index contributed by atoms with van der Waals surface area (Å²) in [6.07, 6.45) is 15.4. The van der Waals surface area contributed by atoms with Crippen molar-refractivity contribution in [3.63, 3.8) is 0 Å². The van der Waals surface area contributed by atoms with E-state index in [1.807, 2.05) is 26.0 Å². The van der Waals surface area contributed by atoms with Crippen LogP contribution < -0.4 is 37.6 Å². The number of amides is 9. The number of aliphatic hydroxyl groups excluding tert-OH is 1. The number of benzene rings is 1. The number of nitrogens with zero attached hydrogens (tertiary/aromatic N) is 1. The minimum Gasteiger partial charge on any atom is -0.461 e. The molecule has 9 amide bonds. The Bertz CT molecular complexity index is 2720. The van der Waals surface area contributed by atoms with E-state index < -0.39 is 65.9 Å². The quantitative estimate of drug-likeness (QED) is 0.0125. The van der Waals surface area contributed by atoms with Crippen molar-refractivity contribution in [3.05, 3.63) is 77.9 Å². The molecule has 1 saturated carbocycles. The lowest BCUT2D eigenvalue weighted by Crippen LogP contribution is -2.54. The van der Waals surface area contributed by atoms with Gasteiger partial charge in [0.1, 0.15) is 42.6 Å². The molecule has 484 valence electrons. The summed E-state index contributed by atoms with van der Waals surface area (Å²) in [6, 6.07) is 3.72.